The Morgan fingerprint density at radius 3 is 2.87 bits per heavy atom. The summed E-state index contributed by atoms with van der Waals surface area (Å²) in [6.45, 7) is 0.427. The normalized spacial score (nSPS) is 11.2. The number of ether oxygens (including phenoxy) is 1. The Bertz CT molecular complexity index is 838. The molecule has 5 nitrogen and oxygen atoms in total. The standard InChI is InChI=1S/C18H17N3O2/c1-23-12-17-20-15-9-8-14(11-16(15)21-17)19-18(22)10-7-13-5-3-2-4-6-13/h2-11H,12H2,1H3,(H,19,22)(H,20,21). The molecule has 0 bridgehead atoms. The number of aromatic nitrogens is 2. The lowest BCUT2D eigenvalue weighted by Crippen LogP contribution is -2.07. The molecule has 1 heterocycles. The molecule has 0 saturated carbocycles. The molecule has 2 N–H and O–H groups in total. The fourth-order valence-corrected chi connectivity index (χ4v) is 2.27. The minimum Gasteiger partial charge on any atom is -0.377 e. The average Bonchev–Trinajstić information content (AvgIpc) is 2.96. The lowest BCUT2D eigenvalue weighted by atomic mass is 10.2. The van der Waals surface area contributed by atoms with Crippen LogP contribution in [0.3, 0.4) is 0 Å². The van der Waals surface area contributed by atoms with Crippen molar-refractivity contribution in [3.63, 3.8) is 0 Å². The first-order valence-corrected chi connectivity index (χ1v) is 7.26. The molecule has 0 saturated heterocycles. The second-order valence-electron chi connectivity index (χ2n) is 5.08. The van der Waals surface area contributed by atoms with E-state index in [0.717, 1.165) is 22.4 Å². The van der Waals surface area contributed by atoms with Crippen LogP contribution in [0, 0.1) is 0 Å². The van der Waals surface area contributed by atoms with E-state index in [2.05, 4.69) is 15.3 Å². The molecule has 0 fully saturated rings. The molecule has 3 aromatic rings. The number of fused-ring (bicyclic) bond motifs is 1. The van der Waals surface area contributed by atoms with E-state index in [4.69, 9.17) is 4.74 Å². The van der Waals surface area contributed by atoms with Crippen molar-refractivity contribution in [1.82, 2.24) is 9.97 Å². The smallest absolute Gasteiger partial charge is 0.248 e. The Morgan fingerprint density at radius 2 is 2.09 bits per heavy atom. The van der Waals surface area contributed by atoms with Gasteiger partial charge >= 0.3 is 0 Å². The second kappa shape index (κ2) is 6.89. The van der Waals surface area contributed by atoms with Crippen molar-refractivity contribution in [3.8, 4) is 0 Å². The van der Waals surface area contributed by atoms with Crippen LogP contribution in [0.1, 0.15) is 11.4 Å². The number of hydrogen-bond acceptors (Lipinski definition) is 3. The third kappa shape index (κ3) is 3.84. The maximum Gasteiger partial charge on any atom is 0.248 e. The van der Waals surface area contributed by atoms with Crippen LogP contribution in [-0.4, -0.2) is 23.0 Å². The number of benzene rings is 2. The van der Waals surface area contributed by atoms with E-state index in [0.29, 0.717) is 12.3 Å². The molecule has 1 amide bonds. The summed E-state index contributed by atoms with van der Waals surface area (Å²) in [5.41, 5.74) is 3.40. The molecule has 5 heteroatoms. The first kappa shape index (κ1) is 15.0. The molecule has 0 spiro atoms. The molecule has 0 unspecified atom stereocenters. The number of imidazole rings is 1. The van der Waals surface area contributed by atoms with E-state index in [1.807, 2.05) is 48.5 Å². The number of rotatable bonds is 5. The van der Waals surface area contributed by atoms with Crippen molar-refractivity contribution in [3.05, 3.63) is 66.0 Å². The van der Waals surface area contributed by atoms with Crippen LogP contribution in [0.5, 0.6) is 0 Å². The van der Waals surface area contributed by atoms with Gasteiger partial charge in [-0.05, 0) is 29.8 Å². The summed E-state index contributed by atoms with van der Waals surface area (Å²) < 4.78 is 5.05. The molecule has 2 aromatic carbocycles. The van der Waals surface area contributed by atoms with Gasteiger partial charge in [0, 0.05) is 18.9 Å². The number of anilines is 1. The van der Waals surface area contributed by atoms with E-state index >= 15 is 0 Å². The molecule has 1 aromatic heterocycles. The van der Waals surface area contributed by atoms with Crippen molar-refractivity contribution in [2.24, 2.45) is 0 Å². The summed E-state index contributed by atoms with van der Waals surface area (Å²) in [6.07, 6.45) is 3.30. The number of hydrogen-bond donors (Lipinski definition) is 2. The van der Waals surface area contributed by atoms with Gasteiger partial charge in [0.05, 0.1) is 11.0 Å². The molecule has 0 radical (unpaired) electrons. The molecule has 116 valence electrons. The number of aromatic amines is 1. The predicted molar refractivity (Wildman–Crippen MR) is 90.9 cm³/mol. The number of nitrogens with zero attached hydrogens (tertiary/aromatic N) is 1. The highest BCUT2D eigenvalue weighted by Gasteiger charge is 2.04. The maximum atomic E-state index is 12.0. The number of carbonyl (C=O) groups is 1. The zero-order valence-electron chi connectivity index (χ0n) is 12.7. The quantitative estimate of drug-likeness (QED) is 0.710. The van der Waals surface area contributed by atoms with E-state index in [1.54, 1.807) is 13.2 Å². The third-order valence-electron chi connectivity index (χ3n) is 3.31. The van der Waals surface area contributed by atoms with Crippen LogP contribution in [0.2, 0.25) is 0 Å². The summed E-state index contributed by atoms with van der Waals surface area (Å²) in [7, 11) is 1.62. The predicted octanol–water partition coefficient (Wildman–Crippen LogP) is 3.36. The minimum absolute atomic E-state index is 0.176. The van der Waals surface area contributed by atoms with Crippen LogP contribution in [0.25, 0.3) is 17.1 Å². The highest BCUT2D eigenvalue weighted by molar-refractivity contribution is 6.02. The summed E-state index contributed by atoms with van der Waals surface area (Å²) in [6, 6.07) is 15.2. The lowest BCUT2D eigenvalue weighted by molar-refractivity contribution is -0.111. The highest BCUT2D eigenvalue weighted by atomic mass is 16.5. The number of H-pyrrole nitrogens is 1. The summed E-state index contributed by atoms with van der Waals surface area (Å²) >= 11 is 0. The van der Waals surface area contributed by atoms with Crippen LogP contribution in [0.4, 0.5) is 5.69 Å². The zero-order chi connectivity index (χ0) is 16.1. The SMILES string of the molecule is COCc1nc2ccc(NC(=O)C=Cc3ccccc3)cc2[nH]1. The monoisotopic (exact) mass is 307 g/mol. The van der Waals surface area contributed by atoms with Crippen LogP contribution in [0.15, 0.2) is 54.6 Å². The van der Waals surface area contributed by atoms with Crippen LogP contribution in [-0.2, 0) is 16.1 Å². The molecule has 0 aliphatic carbocycles. The Morgan fingerprint density at radius 1 is 1.26 bits per heavy atom. The highest BCUT2D eigenvalue weighted by Crippen LogP contribution is 2.17. The van der Waals surface area contributed by atoms with Crippen molar-refractivity contribution >= 4 is 28.7 Å². The summed E-state index contributed by atoms with van der Waals surface area (Å²) in [5.74, 6) is 0.583. The Hall–Kier alpha value is -2.92. The van der Waals surface area contributed by atoms with Gasteiger partial charge in [-0.25, -0.2) is 4.98 Å². The van der Waals surface area contributed by atoms with Gasteiger partial charge in [0.1, 0.15) is 12.4 Å². The van der Waals surface area contributed by atoms with Crippen LogP contribution < -0.4 is 5.32 Å². The maximum absolute atomic E-state index is 12.0. The number of methoxy groups -OCH3 is 1. The molecular formula is C18H17N3O2. The average molecular weight is 307 g/mol. The van der Waals surface area contributed by atoms with Crippen molar-refractivity contribution in [2.45, 2.75) is 6.61 Å². The summed E-state index contributed by atoms with van der Waals surface area (Å²) in [4.78, 5) is 19.5. The largest absolute Gasteiger partial charge is 0.377 e. The zero-order valence-corrected chi connectivity index (χ0v) is 12.7. The number of carbonyl (C=O) groups excluding carboxylic acids is 1. The van der Waals surface area contributed by atoms with Gasteiger partial charge in [0.15, 0.2) is 0 Å². The van der Waals surface area contributed by atoms with Gasteiger partial charge in [0.2, 0.25) is 5.91 Å². The molecule has 0 aliphatic rings. The first-order valence-electron chi connectivity index (χ1n) is 7.26. The van der Waals surface area contributed by atoms with E-state index in [9.17, 15) is 4.79 Å². The summed E-state index contributed by atoms with van der Waals surface area (Å²) in [5, 5.41) is 2.84. The van der Waals surface area contributed by atoms with Gasteiger partial charge in [-0.3, -0.25) is 4.79 Å². The molecule has 23 heavy (non-hydrogen) atoms. The Labute approximate surface area is 134 Å². The van der Waals surface area contributed by atoms with E-state index < -0.39 is 0 Å². The topological polar surface area (TPSA) is 67.0 Å². The van der Waals surface area contributed by atoms with E-state index in [1.165, 1.54) is 6.08 Å². The minimum atomic E-state index is -0.176. The number of nitrogens with one attached hydrogen (secondary N) is 2. The van der Waals surface area contributed by atoms with Gasteiger partial charge < -0.3 is 15.0 Å². The Kier molecular flexibility index (Phi) is 4.49. The Balaban J connectivity index is 1.70. The fourth-order valence-electron chi connectivity index (χ4n) is 2.27. The fraction of sp³-hybridized carbons (Fsp3) is 0.111. The lowest BCUT2D eigenvalue weighted by Gasteiger charge is -2.01. The molecule has 0 atom stereocenters. The van der Waals surface area contributed by atoms with Crippen molar-refractivity contribution in [1.29, 1.82) is 0 Å². The number of amides is 1. The third-order valence-corrected chi connectivity index (χ3v) is 3.31. The van der Waals surface area contributed by atoms with Gasteiger partial charge in [-0.15, -0.1) is 0 Å². The van der Waals surface area contributed by atoms with Gasteiger partial charge in [-0.1, -0.05) is 30.3 Å². The molecule has 0 aliphatic heterocycles. The first-order chi connectivity index (χ1) is 11.2. The molecular weight excluding hydrogens is 290 g/mol. The van der Waals surface area contributed by atoms with Crippen molar-refractivity contribution < 1.29 is 9.53 Å². The van der Waals surface area contributed by atoms with Crippen molar-refractivity contribution in [2.75, 3.05) is 12.4 Å². The molecule has 3 rings (SSSR count). The van der Waals surface area contributed by atoms with Crippen LogP contribution >= 0.6 is 0 Å². The van der Waals surface area contributed by atoms with Gasteiger partial charge in [-0.2, -0.15) is 0 Å². The second-order valence-corrected chi connectivity index (χ2v) is 5.08. The van der Waals surface area contributed by atoms with Gasteiger partial charge in [0.25, 0.3) is 0 Å². The van der Waals surface area contributed by atoms with E-state index in [-0.39, 0.29) is 5.91 Å².